The molecule has 0 radical (unpaired) electrons. The van der Waals surface area contributed by atoms with Gasteiger partial charge in [0.2, 0.25) is 0 Å². The lowest BCUT2D eigenvalue weighted by molar-refractivity contribution is 0.180. The molecule has 6 nitrogen and oxygen atoms in total. The van der Waals surface area contributed by atoms with E-state index in [1.165, 1.54) is 5.56 Å². The van der Waals surface area contributed by atoms with E-state index in [9.17, 15) is 0 Å². The fourth-order valence-corrected chi connectivity index (χ4v) is 4.28. The van der Waals surface area contributed by atoms with Gasteiger partial charge in [-0.15, -0.1) is 0 Å². The first kappa shape index (κ1) is 23.0. The summed E-state index contributed by atoms with van der Waals surface area (Å²) >= 11 is 5.80. The van der Waals surface area contributed by atoms with Crippen LogP contribution in [-0.4, -0.2) is 50.0 Å². The Hall–Kier alpha value is -2.67. The molecular weight excluding hydrogens is 412 g/mol. The van der Waals surface area contributed by atoms with Gasteiger partial charge in [-0.3, -0.25) is 0 Å². The standard InChI is InChI=1S/C24H32N2O4S/c1-24(2,3)25-23(31)26-12-11-16-13-21(28-5)22(29-6)14-17(16)18(26)15-30-20-10-8-7-9-19(20)27-4/h7-10,13-14,18H,11-12,15H2,1-6H3,(H,25,31). The second-order valence-corrected chi connectivity index (χ2v) is 8.89. The Morgan fingerprint density at radius 3 is 2.23 bits per heavy atom. The summed E-state index contributed by atoms with van der Waals surface area (Å²) in [5.74, 6) is 2.83. The zero-order chi connectivity index (χ0) is 22.6. The van der Waals surface area contributed by atoms with Gasteiger partial charge in [0, 0.05) is 12.1 Å². The van der Waals surface area contributed by atoms with Gasteiger partial charge in [0.15, 0.2) is 28.1 Å². The highest BCUT2D eigenvalue weighted by molar-refractivity contribution is 7.80. The van der Waals surface area contributed by atoms with Crippen LogP contribution in [0, 0.1) is 0 Å². The lowest BCUT2D eigenvalue weighted by Crippen LogP contribution is -2.52. The van der Waals surface area contributed by atoms with Crippen LogP contribution in [0.2, 0.25) is 0 Å². The van der Waals surface area contributed by atoms with Crippen LogP contribution in [0.1, 0.15) is 37.9 Å². The summed E-state index contributed by atoms with van der Waals surface area (Å²) in [4.78, 5) is 2.20. The van der Waals surface area contributed by atoms with E-state index in [0.717, 1.165) is 24.3 Å². The third kappa shape index (κ3) is 5.34. The van der Waals surface area contributed by atoms with E-state index in [1.807, 2.05) is 30.3 Å². The van der Waals surface area contributed by atoms with Crippen LogP contribution in [0.4, 0.5) is 0 Å². The second-order valence-electron chi connectivity index (χ2n) is 8.51. The van der Waals surface area contributed by atoms with Crippen LogP contribution in [-0.2, 0) is 6.42 Å². The average Bonchev–Trinajstić information content (AvgIpc) is 2.75. The molecule has 7 heteroatoms. The summed E-state index contributed by atoms with van der Waals surface area (Å²) in [6.07, 6.45) is 0.854. The maximum absolute atomic E-state index is 6.24. The predicted octanol–water partition coefficient (Wildman–Crippen LogP) is 4.36. The molecule has 1 N–H and O–H groups in total. The Bertz CT molecular complexity index is 926. The van der Waals surface area contributed by atoms with Gasteiger partial charge in [0.05, 0.1) is 27.4 Å². The minimum Gasteiger partial charge on any atom is -0.493 e. The number of ether oxygens (including phenoxy) is 4. The lowest BCUT2D eigenvalue weighted by atomic mass is 9.92. The highest BCUT2D eigenvalue weighted by atomic mass is 32.1. The maximum Gasteiger partial charge on any atom is 0.169 e. The van der Waals surface area contributed by atoms with Crippen molar-refractivity contribution in [1.29, 1.82) is 0 Å². The molecule has 0 bridgehead atoms. The summed E-state index contributed by atoms with van der Waals surface area (Å²) in [5, 5.41) is 4.15. The topological polar surface area (TPSA) is 52.2 Å². The predicted molar refractivity (Wildman–Crippen MR) is 127 cm³/mol. The van der Waals surface area contributed by atoms with E-state index < -0.39 is 0 Å². The molecule has 0 saturated heterocycles. The van der Waals surface area contributed by atoms with E-state index in [2.05, 4.69) is 37.1 Å². The first-order valence-electron chi connectivity index (χ1n) is 10.4. The van der Waals surface area contributed by atoms with Gasteiger partial charge in [0.25, 0.3) is 0 Å². The van der Waals surface area contributed by atoms with Gasteiger partial charge in [-0.25, -0.2) is 0 Å². The van der Waals surface area contributed by atoms with Gasteiger partial charge < -0.3 is 29.2 Å². The summed E-state index contributed by atoms with van der Waals surface area (Å²) in [7, 11) is 4.95. The molecule has 1 aliphatic rings. The van der Waals surface area contributed by atoms with Gasteiger partial charge in [0.1, 0.15) is 6.61 Å². The summed E-state index contributed by atoms with van der Waals surface area (Å²) < 4.78 is 22.8. The molecule has 0 spiro atoms. The first-order chi connectivity index (χ1) is 14.8. The van der Waals surface area contributed by atoms with Crippen LogP contribution >= 0.6 is 12.2 Å². The van der Waals surface area contributed by atoms with Crippen molar-refractivity contribution in [3.05, 3.63) is 47.5 Å². The zero-order valence-corrected chi connectivity index (χ0v) is 20.0. The Morgan fingerprint density at radius 2 is 1.61 bits per heavy atom. The Balaban J connectivity index is 1.96. The van der Waals surface area contributed by atoms with Crippen LogP contribution in [0.5, 0.6) is 23.0 Å². The van der Waals surface area contributed by atoms with Crippen LogP contribution < -0.4 is 24.3 Å². The highest BCUT2D eigenvalue weighted by Crippen LogP contribution is 2.39. The third-order valence-corrected chi connectivity index (χ3v) is 5.55. The van der Waals surface area contributed by atoms with Gasteiger partial charge in [-0.05, 0) is 74.8 Å². The number of para-hydroxylation sites is 2. The Morgan fingerprint density at radius 1 is 1.00 bits per heavy atom. The van der Waals surface area contributed by atoms with Crippen LogP contribution in [0.25, 0.3) is 0 Å². The number of thiocarbonyl (C=S) groups is 1. The molecule has 168 valence electrons. The van der Waals surface area contributed by atoms with E-state index in [1.54, 1.807) is 21.3 Å². The smallest absolute Gasteiger partial charge is 0.169 e. The van der Waals surface area contributed by atoms with E-state index in [4.69, 9.17) is 31.2 Å². The normalized spacial score (nSPS) is 15.7. The molecule has 0 aliphatic carbocycles. The summed E-state index contributed by atoms with van der Waals surface area (Å²) in [6, 6.07) is 11.7. The molecule has 0 fully saturated rings. The maximum atomic E-state index is 6.24. The quantitative estimate of drug-likeness (QED) is 0.664. The molecule has 31 heavy (non-hydrogen) atoms. The van der Waals surface area contributed by atoms with Crippen LogP contribution in [0.15, 0.2) is 36.4 Å². The second kappa shape index (κ2) is 9.64. The van der Waals surface area contributed by atoms with Crippen molar-refractivity contribution in [2.24, 2.45) is 0 Å². The summed E-state index contributed by atoms with van der Waals surface area (Å²) in [6.45, 7) is 7.50. The van der Waals surface area contributed by atoms with Crippen molar-refractivity contribution in [2.45, 2.75) is 38.8 Å². The monoisotopic (exact) mass is 444 g/mol. The minimum absolute atomic E-state index is 0.0872. The number of nitrogens with zero attached hydrogens (tertiary/aromatic N) is 1. The van der Waals surface area contributed by atoms with Gasteiger partial charge >= 0.3 is 0 Å². The van der Waals surface area contributed by atoms with E-state index in [-0.39, 0.29) is 11.6 Å². The van der Waals surface area contributed by atoms with E-state index >= 15 is 0 Å². The molecule has 0 aromatic heterocycles. The number of hydrogen-bond acceptors (Lipinski definition) is 5. The number of fused-ring (bicyclic) bond motifs is 1. The number of rotatable bonds is 6. The van der Waals surface area contributed by atoms with Gasteiger partial charge in [-0.2, -0.15) is 0 Å². The van der Waals surface area contributed by atoms with Crippen LogP contribution in [0.3, 0.4) is 0 Å². The molecule has 1 heterocycles. The zero-order valence-electron chi connectivity index (χ0n) is 19.2. The average molecular weight is 445 g/mol. The number of nitrogens with one attached hydrogen (secondary N) is 1. The summed E-state index contributed by atoms with van der Waals surface area (Å²) in [5.41, 5.74) is 2.20. The third-order valence-electron chi connectivity index (χ3n) is 5.21. The molecule has 2 aromatic carbocycles. The largest absolute Gasteiger partial charge is 0.493 e. The number of benzene rings is 2. The molecule has 1 atom stereocenters. The Kier molecular flexibility index (Phi) is 7.15. The first-order valence-corrected chi connectivity index (χ1v) is 10.8. The lowest BCUT2D eigenvalue weighted by Gasteiger charge is -2.41. The molecule has 0 saturated carbocycles. The van der Waals surface area contributed by atoms with Crippen molar-refractivity contribution >= 4 is 17.3 Å². The molecule has 1 aliphatic heterocycles. The van der Waals surface area contributed by atoms with Crippen molar-refractivity contribution in [1.82, 2.24) is 10.2 Å². The molecular formula is C24H32N2O4S. The van der Waals surface area contributed by atoms with Crippen molar-refractivity contribution in [3.63, 3.8) is 0 Å². The highest BCUT2D eigenvalue weighted by Gasteiger charge is 2.32. The molecule has 0 amide bonds. The molecule has 3 rings (SSSR count). The van der Waals surface area contributed by atoms with Crippen molar-refractivity contribution < 1.29 is 18.9 Å². The van der Waals surface area contributed by atoms with Crippen molar-refractivity contribution in [2.75, 3.05) is 34.5 Å². The number of methoxy groups -OCH3 is 3. The van der Waals surface area contributed by atoms with Gasteiger partial charge in [-0.1, -0.05) is 12.1 Å². The fourth-order valence-electron chi connectivity index (χ4n) is 3.75. The number of hydrogen-bond donors (Lipinski definition) is 1. The van der Waals surface area contributed by atoms with Crippen molar-refractivity contribution in [3.8, 4) is 23.0 Å². The molecule has 1 unspecified atom stereocenters. The SMILES string of the molecule is COc1cc2c(cc1OC)C(COc1ccccc1OC)N(C(=S)NC(C)(C)C)CC2. The minimum atomic E-state index is -0.136. The fraction of sp³-hybridized carbons (Fsp3) is 0.458. The molecule has 2 aromatic rings. The Labute approximate surface area is 190 Å². The van der Waals surface area contributed by atoms with E-state index in [0.29, 0.717) is 29.0 Å².